The molecule has 0 aliphatic carbocycles. The van der Waals surface area contributed by atoms with Crippen LogP contribution >= 0.6 is 0 Å². The van der Waals surface area contributed by atoms with Crippen LogP contribution in [0.2, 0.25) is 0 Å². The maximum atomic E-state index is 13.7. The summed E-state index contributed by atoms with van der Waals surface area (Å²) in [6, 6.07) is 21.4. The molecule has 1 atom stereocenters. The van der Waals surface area contributed by atoms with Crippen LogP contribution in [0.1, 0.15) is 33.9 Å². The van der Waals surface area contributed by atoms with Crippen molar-refractivity contribution in [2.45, 2.75) is 18.9 Å². The highest BCUT2D eigenvalue weighted by atomic mass is 16.5. The Labute approximate surface area is 187 Å². The van der Waals surface area contributed by atoms with E-state index < -0.39 is 6.04 Å². The molecule has 0 radical (unpaired) electrons. The molecule has 0 spiro atoms. The minimum atomic E-state index is -0.827. The van der Waals surface area contributed by atoms with Crippen LogP contribution in [0.5, 0.6) is 11.5 Å². The molecular formula is C26H26N2O4. The van der Waals surface area contributed by atoms with Crippen LogP contribution in [0, 0.1) is 0 Å². The van der Waals surface area contributed by atoms with Gasteiger partial charge in [-0.1, -0.05) is 48.5 Å². The molecule has 0 unspecified atom stereocenters. The van der Waals surface area contributed by atoms with Gasteiger partial charge >= 0.3 is 0 Å². The number of methoxy groups -OCH3 is 2. The lowest BCUT2D eigenvalue weighted by atomic mass is 9.99. The summed E-state index contributed by atoms with van der Waals surface area (Å²) >= 11 is 0. The van der Waals surface area contributed by atoms with Gasteiger partial charge in [-0.15, -0.1) is 0 Å². The number of hydrogen-bond acceptors (Lipinski definition) is 4. The number of rotatable bonds is 6. The maximum Gasteiger partial charge on any atom is 0.254 e. The van der Waals surface area contributed by atoms with Gasteiger partial charge in [0.2, 0.25) is 0 Å². The zero-order valence-electron chi connectivity index (χ0n) is 18.2. The van der Waals surface area contributed by atoms with Crippen LogP contribution in [-0.2, 0) is 11.2 Å². The molecule has 1 N–H and O–H groups in total. The quantitative estimate of drug-likeness (QED) is 0.638. The van der Waals surface area contributed by atoms with Crippen molar-refractivity contribution in [3.63, 3.8) is 0 Å². The van der Waals surface area contributed by atoms with Crippen molar-refractivity contribution in [1.82, 2.24) is 5.32 Å². The smallest absolute Gasteiger partial charge is 0.254 e. The molecule has 1 heterocycles. The Morgan fingerprint density at radius 1 is 0.906 bits per heavy atom. The van der Waals surface area contributed by atoms with Gasteiger partial charge in [-0.25, -0.2) is 0 Å². The number of anilines is 1. The van der Waals surface area contributed by atoms with E-state index in [1.807, 2.05) is 54.6 Å². The van der Waals surface area contributed by atoms with Crippen LogP contribution < -0.4 is 19.7 Å². The number of benzene rings is 3. The molecule has 164 valence electrons. The lowest BCUT2D eigenvalue weighted by Crippen LogP contribution is -2.45. The number of aryl methyl sites for hydroxylation is 1. The van der Waals surface area contributed by atoms with Gasteiger partial charge < -0.3 is 19.7 Å². The number of carbonyl (C=O) groups is 2. The van der Waals surface area contributed by atoms with E-state index in [0.717, 1.165) is 29.7 Å². The Kier molecular flexibility index (Phi) is 6.40. The zero-order chi connectivity index (χ0) is 22.5. The summed E-state index contributed by atoms with van der Waals surface area (Å²) < 4.78 is 10.6. The molecule has 0 bridgehead atoms. The second-order valence-corrected chi connectivity index (χ2v) is 7.64. The van der Waals surface area contributed by atoms with Crippen molar-refractivity contribution in [3.8, 4) is 11.5 Å². The summed E-state index contributed by atoms with van der Waals surface area (Å²) in [6.45, 7) is 0.613. The molecule has 0 aromatic heterocycles. The van der Waals surface area contributed by atoms with E-state index >= 15 is 0 Å². The fourth-order valence-electron chi connectivity index (χ4n) is 4.00. The third-order valence-electron chi connectivity index (χ3n) is 5.65. The standard InChI is InChI=1S/C26H26N2O4/c1-31-21-15-20(16-22(17-21)32-2)25(29)27-24(19-10-4-3-5-11-19)26(30)28-14-8-12-18-9-6-7-13-23(18)28/h3-7,9-11,13,15-17,24H,8,12,14H2,1-2H3,(H,27,29)/t24-/m0/s1. The molecule has 1 aliphatic heterocycles. The summed E-state index contributed by atoms with van der Waals surface area (Å²) in [5.41, 5.74) is 3.13. The second kappa shape index (κ2) is 9.56. The number of nitrogens with one attached hydrogen (secondary N) is 1. The fourth-order valence-corrected chi connectivity index (χ4v) is 4.00. The Balaban J connectivity index is 1.67. The predicted molar refractivity (Wildman–Crippen MR) is 123 cm³/mol. The lowest BCUT2D eigenvalue weighted by molar-refractivity contribution is -0.120. The van der Waals surface area contributed by atoms with Crippen molar-refractivity contribution in [1.29, 1.82) is 0 Å². The molecule has 1 aliphatic rings. The van der Waals surface area contributed by atoms with Crippen LogP contribution in [0.4, 0.5) is 5.69 Å². The monoisotopic (exact) mass is 430 g/mol. The van der Waals surface area contributed by atoms with Crippen LogP contribution in [-0.4, -0.2) is 32.6 Å². The molecule has 6 nitrogen and oxygen atoms in total. The molecule has 32 heavy (non-hydrogen) atoms. The molecule has 4 rings (SSSR count). The highest BCUT2D eigenvalue weighted by Gasteiger charge is 2.31. The van der Waals surface area contributed by atoms with Gasteiger partial charge in [-0.05, 0) is 42.2 Å². The molecule has 0 saturated carbocycles. The van der Waals surface area contributed by atoms with Crippen molar-refractivity contribution < 1.29 is 19.1 Å². The van der Waals surface area contributed by atoms with Crippen LogP contribution in [0.3, 0.4) is 0 Å². The van der Waals surface area contributed by atoms with Crippen LogP contribution in [0.25, 0.3) is 0 Å². The van der Waals surface area contributed by atoms with E-state index in [1.54, 1.807) is 23.1 Å². The van der Waals surface area contributed by atoms with E-state index in [4.69, 9.17) is 9.47 Å². The second-order valence-electron chi connectivity index (χ2n) is 7.64. The lowest BCUT2D eigenvalue weighted by Gasteiger charge is -2.32. The van der Waals surface area contributed by atoms with E-state index in [1.165, 1.54) is 14.2 Å². The Morgan fingerprint density at radius 3 is 2.25 bits per heavy atom. The number of ether oxygens (including phenoxy) is 2. The third kappa shape index (κ3) is 4.44. The first-order chi connectivity index (χ1) is 15.6. The van der Waals surface area contributed by atoms with Crippen molar-refractivity contribution >= 4 is 17.5 Å². The Hall–Kier alpha value is -3.80. The first kappa shape index (κ1) is 21.4. The number of para-hydroxylation sites is 1. The van der Waals surface area contributed by atoms with Crippen molar-refractivity contribution in [3.05, 3.63) is 89.5 Å². The predicted octanol–water partition coefficient (Wildman–Crippen LogP) is 4.15. The van der Waals surface area contributed by atoms with Gasteiger partial charge in [0.1, 0.15) is 17.5 Å². The third-order valence-corrected chi connectivity index (χ3v) is 5.65. The minimum absolute atomic E-state index is 0.161. The number of carbonyl (C=O) groups excluding carboxylic acids is 2. The Morgan fingerprint density at radius 2 is 1.56 bits per heavy atom. The van der Waals surface area contributed by atoms with Gasteiger partial charge in [-0.2, -0.15) is 0 Å². The highest BCUT2D eigenvalue weighted by molar-refractivity contribution is 6.03. The highest BCUT2D eigenvalue weighted by Crippen LogP contribution is 2.30. The largest absolute Gasteiger partial charge is 0.497 e. The van der Waals surface area contributed by atoms with Crippen molar-refractivity contribution in [2.24, 2.45) is 0 Å². The summed E-state index contributed by atoms with van der Waals surface area (Å²) in [7, 11) is 3.06. The number of nitrogens with zero attached hydrogens (tertiary/aromatic N) is 1. The SMILES string of the molecule is COc1cc(OC)cc(C(=O)N[C@H](C(=O)N2CCCc3ccccc32)c2ccccc2)c1. The topological polar surface area (TPSA) is 67.9 Å². The summed E-state index contributed by atoms with van der Waals surface area (Å²) in [5.74, 6) is 0.463. The molecule has 6 heteroatoms. The van der Waals surface area contributed by atoms with E-state index in [2.05, 4.69) is 5.32 Å². The van der Waals surface area contributed by atoms with Gasteiger partial charge in [0.25, 0.3) is 11.8 Å². The van der Waals surface area contributed by atoms with E-state index in [0.29, 0.717) is 23.6 Å². The Bertz CT molecular complexity index is 1090. The number of hydrogen-bond donors (Lipinski definition) is 1. The molecule has 3 aromatic rings. The summed E-state index contributed by atoms with van der Waals surface area (Å²) in [5, 5.41) is 2.94. The maximum absolute atomic E-state index is 13.7. The van der Waals surface area contributed by atoms with Gasteiger partial charge in [0.15, 0.2) is 0 Å². The van der Waals surface area contributed by atoms with Gasteiger partial charge in [-0.3, -0.25) is 9.59 Å². The van der Waals surface area contributed by atoms with E-state index in [9.17, 15) is 9.59 Å². The van der Waals surface area contributed by atoms with Crippen LogP contribution in [0.15, 0.2) is 72.8 Å². The molecule has 3 aromatic carbocycles. The van der Waals surface area contributed by atoms with Gasteiger partial charge in [0, 0.05) is 23.9 Å². The first-order valence-corrected chi connectivity index (χ1v) is 10.6. The number of amides is 2. The average Bonchev–Trinajstić information content (AvgIpc) is 2.86. The molecular weight excluding hydrogens is 404 g/mol. The van der Waals surface area contributed by atoms with E-state index in [-0.39, 0.29) is 11.8 Å². The minimum Gasteiger partial charge on any atom is -0.497 e. The van der Waals surface area contributed by atoms with Crippen molar-refractivity contribution in [2.75, 3.05) is 25.7 Å². The number of fused-ring (bicyclic) bond motifs is 1. The molecule has 2 amide bonds. The first-order valence-electron chi connectivity index (χ1n) is 10.6. The zero-order valence-corrected chi connectivity index (χ0v) is 18.2. The summed E-state index contributed by atoms with van der Waals surface area (Å²) in [6.07, 6.45) is 1.82. The molecule has 0 saturated heterocycles. The summed E-state index contributed by atoms with van der Waals surface area (Å²) in [4.78, 5) is 28.7. The average molecular weight is 431 g/mol. The van der Waals surface area contributed by atoms with Gasteiger partial charge in [0.05, 0.1) is 14.2 Å². The fraction of sp³-hybridized carbons (Fsp3) is 0.231. The molecule has 0 fully saturated rings. The normalized spacial score (nSPS) is 13.6.